The summed E-state index contributed by atoms with van der Waals surface area (Å²) in [5, 5.41) is 17.0. The van der Waals surface area contributed by atoms with Gasteiger partial charge in [0.25, 0.3) is 5.69 Å². The van der Waals surface area contributed by atoms with Gasteiger partial charge in [0.2, 0.25) is 0 Å². The van der Waals surface area contributed by atoms with Crippen molar-refractivity contribution in [3.05, 3.63) is 52.6 Å². The van der Waals surface area contributed by atoms with Crippen LogP contribution in [0, 0.1) is 10.1 Å². The molecule has 0 amide bonds. The van der Waals surface area contributed by atoms with Crippen LogP contribution < -0.4 is 20.1 Å². The average Bonchev–Trinajstić information content (AvgIpc) is 2.55. The van der Waals surface area contributed by atoms with Crippen molar-refractivity contribution in [1.82, 2.24) is 0 Å². The smallest absolute Gasteiger partial charge is 0.292 e. The first-order valence-corrected chi connectivity index (χ1v) is 7.25. The first-order chi connectivity index (χ1) is 11.1. The second-order valence-corrected chi connectivity index (χ2v) is 5.12. The van der Waals surface area contributed by atoms with Gasteiger partial charge in [-0.05, 0) is 30.4 Å². The monoisotopic (exact) mass is 331 g/mol. The third-order valence-corrected chi connectivity index (χ3v) is 3.35. The van der Waals surface area contributed by atoms with Gasteiger partial charge in [-0.25, -0.2) is 0 Å². The zero-order valence-corrected chi connectivity index (χ0v) is 12.8. The molecule has 2 N–H and O–H groups in total. The van der Waals surface area contributed by atoms with Crippen molar-refractivity contribution in [1.29, 1.82) is 0 Å². The molecule has 0 saturated carbocycles. The van der Waals surface area contributed by atoms with Gasteiger partial charge in [-0.1, -0.05) is 12.1 Å². The summed E-state index contributed by atoms with van der Waals surface area (Å²) >= 11 is 5.20. The molecule has 2 aromatic carbocycles. The van der Waals surface area contributed by atoms with Crippen LogP contribution in [0.5, 0.6) is 11.5 Å². The third kappa shape index (κ3) is 3.49. The Morgan fingerprint density at radius 1 is 1.09 bits per heavy atom. The fraction of sp³-hybridized carbons (Fsp3) is 0.133. The van der Waals surface area contributed by atoms with Gasteiger partial charge < -0.3 is 20.1 Å². The number of nitro groups is 1. The van der Waals surface area contributed by atoms with Crippen LogP contribution in [0.15, 0.2) is 42.5 Å². The zero-order chi connectivity index (χ0) is 16.2. The maximum Gasteiger partial charge on any atom is 0.292 e. The Morgan fingerprint density at radius 3 is 2.61 bits per heavy atom. The molecule has 0 unspecified atom stereocenters. The zero-order valence-electron chi connectivity index (χ0n) is 11.9. The Labute approximate surface area is 137 Å². The van der Waals surface area contributed by atoms with E-state index in [2.05, 4.69) is 10.6 Å². The van der Waals surface area contributed by atoms with E-state index in [1.807, 2.05) is 0 Å². The van der Waals surface area contributed by atoms with Crippen LogP contribution in [-0.4, -0.2) is 23.2 Å². The lowest BCUT2D eigenvalue weighted by atomic mass is 10.2. The molecule has 23 heavy (non-hydrogen) atoms. The van der Waals surface area contributed by atoms with Crippen LogP contribution in [-0.2, 0) is 0 Å². The van der Waals surface area contributed by atoms with Crippen LogP contribution >= 0.6 is 12.2 Å². The molecule has 0 spiro atoms. The maximum atomic E-state index is 11.0. The topological polar surface area (TPSA) is 85.7 Å². The van der Waals surface area contributed by atoms with E-state index in [9.17, 15) is 10.1 Å². The average molecular weight is 331 g/mol. The van der Waals surface area contributed by atoms with Gasteiger partial charge >= 0.3 is 0 Å². The summed E-state index contributed by atoms with van der Waals surface area (Å²) in [5.74, 6) is 1.31. The quantitative estimate of drug-likeness (QED) is 0.507. The minimum Gasteiger partial charge on any atom is -0.486 e. The Balaban J connectivity index is 1.72. The molecule has 8 heteroatoms. The second kappa shape index (κ2) is 6.49. The van der Waals surface area contributed by atoms with Crippen LogP contribution in [0.2, 0.25) is 0 Å². The summed E-state index contributed by atoms with van der Waals surface area (Å²) < 4.78 is 10.9. The van der Waals surface area contributed by atoms with Crippen LogP contribution in [0.4, 0.5) is 17.1 Å². The fourth-order valence-corrected chi connectivity index (χ4v) is 2.37. The van der Waals surface area contributed by atoms with Gasteiger partial charge in [-0.3, -0.25) is 10.1 Å². The van der Waals surface area contributed by atoms with Crippen LogP contribution in [0.1, 0.15) is 0 Å². The van der Waals surface area contributed by atoms with Crippen molar-refractivity contribution in [2.24, 2.45) is 0 Å². The predicted molar refractivity (Wildman–Crippen MR) is 90.4 cm³/mol. The third-order valence-electron chi connectivity index (χ3n) is 3.15. The molecule has 0 atom stereocenters. The van der Waals surface area contributed by atoms with Gasteiger partial charge in [0, 0.05) is 17.8 Å². The van der Waals surface area contributed by atoms with E-state index in [1.54, 1.807) is 36.4 Å². The van der Waals surface area contributed by atoms with Gasteiger partial charge in [-0.2, -0.15) is 0 Å². The van der Waals surface area contributed by atoms with Crippen molar-refractivity contribution < 1.29 is 14.4 Å². The standard InChI is InChI=1S/C15H13N3O4S/c19-18(20)12-4-2-1-3-11(12)17-15(23)16-10-5-6-13-14(9-10)22-8-7-21-13/h1-6,9H,7-8H2,(H2,16,17,23). The van der Waals surface area contributed by atoms with Crippen molar-refractivity contribution in [3.63, 3.8) is 0 Å². The molecule has 1 aliphatic rings. The highest BCUT2D eigenvalue weighted by atomic mass is 32.1. The summed E-state index contributed by atoms with van der Waals surface area (Å²) in [7, 11) is 0. The van der Waals surface area contributed by atoms with E-state index < -0.39 is 4.92 Å². The van der Waals surface area contributed by atoms with E-state index in [-0.39, 0.29) is 10.8 Å². The maximum absolute atomic E-state index is 11.0. The predicted octanol–water partition coefficient (Wildman–Crippen LogP) is 3.17. The lowest BCUT2D eigenvalue weighted by Crippen LogP contribution is -2.20. The number of anilines is 2. The van der Waals surface area contributed by atoms with E-state index in [4.69, 9.17) is 21.7 Å². The molecule has 0 saturated heterocycles. The first kappa shape index (κ1) is 15.0. The van der Waals surface area contributed by atoms with E-state index in [0.717, 1.165) is 0 Å². The minimum atomic E-state index is -0.463. The summed E-state index contributed by atoms with van der Waals surface area (Å²) in [6.07, 6.45) is 0. The Bertz CT molecular complexity index is 766. The van der Waals surface area contributed by atoms with Gasteiger partial charge in [0.15, 0.2) is 16.6 Å². The molecular formula is C15H13N3O4S. The Morgan fingerprint density at radius 2 is 1.83 bits per heavy atom. The van der Waals surface area contributed by atoms with E-state index >= 15 is 0 Å². The molecule has 2 aromatic rings. The highest BCUT2D eigenvalue weighted by molar-refractivity contribution is 7.80. The molecule has 3 rings (SSSR count). The lowest BCUT2D eigenvalue weighted by Gasteiger charge is -2.19. The molecule has 1 heterocycles. The van der Waals surface area contributed by atoms with Gasteiger partial charge in [-0.15, -0.1) is 0 Å². The molecule has 0 bridgehead atoms. The minimum absolute atomic E-state index is 0.0428. The normalized spacial score (nSPS) is 12.3. The molecule has 7 nitrogen and oxygen atoms in total. The Hall–Kier alpha value is -2.87. The van der Waals surface area contributed by atoms with Gasteiger partial charge in [0.1, 0.15) is 18.9 Å². The summed E-state index contributed by atoms with van der Waals surface area (Å²) in [5.41, 5.74) is 0.983. The number of nitrogens with one attached hydrogen (secondary N) is 2. The fourth-order valence-electron chi connectivity index (χ4n) is 2.14. The summed E-state index contributed by atoms with van der Waals surface area (Å²) in [6, 6.07) is 11.6. The van der Waals surface area contributed by atoms with Gasteiger partial charge in [0.05, 0.1) is 4.92 Å². The van der Waals surface area contributed by atoms with Crippen molar-refractivity contribution in [2.75, 3.05) is 23.8 Å². The molecule has 0 radical (unpaired) electrons. The van der Waals surface area contributed by atoms with E-state index in [0.29, 0.717) is 36.1 Å². The van der Waals surface area contributed by atoms with Crippen molar-refractivity contribution in [3.8, 4) is 11.5 Å². The SMILES string of the molecule is O=[N+]([O-])c1ccccc1NC(=S)Nc1ccc2c(c1)OCCO2. The van der Waals surface area contributed by atoms with Crippen LogP contribution in [0.25, 0.3) is 0 Å². The number of benzene rings is 2. The number of hydrogen-bond acceptors (Lipinski definition) is 5. The number of nitrogens with zero attached hydrogens (tertiary/aromatic N) is 1. The summed E-state index contributed by atoms with van der Waals surface area (Å²) in [6.45, 7) is 1.02. The molecule has 0 aliphatic carbocycles. The number of thiocarbonyl (C=S) groups is 1. The largest absolute Gasteiger partial charge is 0.486 e. The molecule has 118 valence electrons. The number of ether oxygens (including phenoxy) is 2. The lowest BCUT2D eigenvalue weighted by molar-refractivity contribution is -0.383. The summed E-state index contributed by atoms with van der Waals surface area (Å²) in [4.78, 5) is 10.5. The van der Waals surface area contributed by atoms with E-state index in [1.165, 1.54) is 6.07 Å². The molecule has 1 aliphatic heterocycles. The second-order valence-electron chi connectivity index (χ2n) is 4.71. The highest BCUT2D eigenvalue weighted by Crippen LogP contribution is 2.32. The first-order valence-electron chi connectivity index (χ1n) is 6.84. The number of fused-ring (bicyclic) bond motifs is 1. The molecule has 0 aromatic heterocycles. The van der Waals surface area contributed by atoms with Crippen molar-refractivity contribution in [2.45, 2.75) is 0 Å². The Kier molecular flexibility index (Phi) is 4.24. The van der Waals surface area contributed by atoms with Crippen LogP contribution in [0.3, 0.4) is 0 Å². The molecule has 0 fully saturated rings. The molecular weight excluding hydrogens is 318 g/mol. The highest BCUT2D eigenvalue weighted by Gasteiger charge is 2.15. The van der Waals surface area contributed by atoms with Crippen molar-refractivity contribution >= 4 is 34.4 Å². The number of rotatable bonds is 3. The number of hydrogen-bond donors (Lipinski definition) is 2. The number of nitro benzene ring substituents is 1. The number of para-hydroxylation sites is 2.